The quantitative estimate of drug-likeness (QED) is 0.701. The Bertz CT molecular complexity index is 1010. The van der Waals surface area contributed by atoms with E-state index in [0.29, 0.717) is 36.1 Å². The lowest BCUT2D eigenvalue weighted by Gasteiger charge is -2.30. The highest BCUT2D eigenvalue weighted by Gasteiger charge is 2.27. The van der Waals surface area contributed by atoms with E-state index < -0.39 is 0 Å². The number of nitrogens with two attached hydrogens (primary N) is 1. The minimum absolute atomic E-state index is 0.0887. The van der Waals surface area contributed by atoms with Crippen molar-refractivity contribution in [2.45, 2.75) is 26.7 Å². The second-order valence-corrected chi connectivity index (χ2v) is 6.62. The molecule has 0 saturated carbocycles. The molecule has 0 bridgehead atoms. The van der Waals surface area contributed by atoms with Crippen molar-refractivity contribution in [2.75, 3.05) is 23.8 Å². The van der Waals surface area contributed by atoms with Gasteiger partial charge in [0.1, 0.15) is 0 Å². The van der Waals surface area contributed by atoms with E-state index in [4.69, 9.17) is 10.5 Å². The Hall–Kier alpha value is -3.42. The van der Waals surface area contributed by atoms with Gasteiger partial charge in [-0.25, -0.2) is 4.68 Å². The second kappa shape index (κ2) is 7.30. The number of carbonyl (C=O) groups excluding carboxylic acids is 1. The summed E-state index contributed by atoms with van der Waals surface area (Å²) in [7, 11) is 0. The molecule has 2 N–H and O–H groups in total. The number of hydrogen-bond donors (Lipinski definition) is 1. The van der Waals surface area contributed by atoms with Crippen LogP contribution in [0.2, 0.25) is 0 Å². The summed E-state index contributed by atoms with van der Waals surface area (Å²) in [6.07, 6.45) is 3.34. The Morgan fingerprint density at radius 3 is 2.86 bits per heavy atom. The normalized spacial score (nSPS) is 13.3. The largest absolute Gasteiger partial charge is 0.477 e. The summed E-state index contributed by atoms with van der Waals surface area (Å²) in [4.78, 5) is 15.0. The van der Waals surface area contributed by atoms with E-state index in [0.717, 1.165) is 29.8 Å². The molecule has 1 aliphatic rings. The van der Waals surface area contributed by atoms with E-state index in [1.165, 1.54) is 0 Å². The highest BCUT2D eigenvalue weighted by Crippen LogP contribution is 2.32. The second-order valence-electron chi connectivity index (χ2n) is 6.62. The van der Waals surface area contributed by atoms with Crippen molar-refractivity contribution in [3.63, 3.8) is 0 Å². The zero-order valence-electron chi connectivity index (χ0n) is 15.9. The Kier molecular flexibility index (Phi) is 4.68. The van der Waals surface area contributed by atoms with E-state index in [1.807, 2.05) is 32.0 Å². The van der Waals surface area contributed by atoms with Gasteiger partial charge in [0.05, 0.1) is 24.1 Å². The summed E-state index contributed by atoms with van der Waals surface area (Å²) in [6.45, 7) is 4.91. The van der Waals surface area contributed by atoms with Gasteiger partial charge >= 0.3 is 0 Å². The summed E-state index contributed by atoms with van der Waals surface area (Å²) in [5.41, 5.74) is 9.99. The van der Waals surface area contributed by atoms with Gasteiger partial charge in [-0.2, -0.15) is 5.10 Å². The number of aromatic nitrogens is 4. The predicted molar refractivity (Wildman–Crippen MR) is 106 cm³/mol. The molecule has 0 fully saturated rings. The molecule has 28 heavy (non-hydrogen) atoms. The number of hydrogen-bond acceptors (Lipinski definition) is 6. The van der Waals surface area contributed by atoms with E-state index in [-0.39, 0.29) is 5.91 Å². The minimum Gasteiger partial charge on any atom is -0.477 e. The van der Waals surface area contributed by atoms with Crippen molar-refractivity contribution >= 4 is 17.3 Å². The van der Waals surface area contributed by atoms with Crippen LogP contribution in [-0.2, 0) is 6.42 Å². The summed E-state index contributed by atoms with van der Waals surface area (Å²) in [5, 5.41) is 12.5. The molecule has 144 valence electrons. The average molecular weight is 378 g/mol. The standard InChI is InChI=1S/C20H22N6O2/c1-3-28-19-10-9-18(23-24-19)26-13(2)15(12-22-26)20(27)25-11-5-6-14-16(21)7-4-8-17(14)25/h4,7-10,12H,3,5-6,11,21H2,1-2H3. The molecule has 1 aromatic carbocycles. The third kappa shape index (κ3) is 3.06. The van der Waals surface area contributed by atoms with Gasteiger partial charge in [-0.05, 0) is 50.5 Å². The number of fused-ring (bicyclic) bond motifs is 1. The zero-order valence-corrected chi connectivity index (χ0v) is 15.9. The number of nitrogen functional groups attached to an aromatic ring is 1. The highest BCUT2D eigenvalue weighted by molar-refractivity contribution is 6.07. The molecule has 0 radical (unpaired) electrons. The Labute approximate surface area is 162 Å². The van der Waals surface area contributed by atoms with Gasteiger partial charge in [-0.15, -0.1) is 10.2 Å². The third-order valence-corrected chi connectivity index (χ3v) is 4.91. The van der Waals surface area contributed by atoms with E-state index in [9.17, 15) is 4.79 Å². The molecule has 0 spiro atoms. The SMILES string of the molecule is CCOc1ccc(-n2ncc(C(=O)N3CCCc4c(N)cccc43)c2C)nn1. The van der Waals surface area contributed by atoms with E-state index in [1.54, 1.807) is 27.9 Å². The molecule has 3 aromatic rings. The van der Waals surface area contributed by atoms with Crippen LogP contribution in [0.15, 0.2) is 36.5 Å². The third-order valence-electron chi connectivity index (χ3n) is 4.91. The van der Waals surface area contributed by atoms with Crippen molar-refractivity contribution in [3.8, 4) is 11.7 Å². The molecule has 8 nitrogen and oxygen atoms in total. The molecule has 0 atom stereocenters. The zero-order chi connectivity index (χ0) is 19.7. The summed E-state index contributed by atoms with van der Waals surface area (Å²) < 4.78 is 6.93. The van der Waals surface area contributed by atoms with E-state index in [2.05, 4.69) is 15.3 Å². The number of ether oxygens (including phenoxy) is 1. The number of nitrogens with zero attached hydrogens (tertiary/aromatic N) is 5. The molecule has 1 amide bonds. The van der Waals surface area contributed by atoms with Crippen LogP contribution in [0.5, 0.6) is 5.88 Å². The number of amides is 1. The first-order valence-corrected chi connectivity index (χ1v) is 9.31. The molecule has 0 saturated heterocycles. The van der Waals surface area contributed by atoms with Crippen molar-refractivity contribution in [3.05, 3.63) is 53.3 Å². The maximum atomic E-state index is 13.3. The van der Waals surface area contributed by atoms with Crippen molar-refractivity contribution in [2.24, 2.45) is 0 Å². The first-order valence-electron chi connectivity index (χ1n) is 9.31. The number of carbonyl (C=O) groups is 1. The van der Waals surface area contributed by atoms with Gasteiger partial charge in [0.25, 0.3) is 5.91 Å². The molecular formula is C20H22N6O2. The lowest BCUT2D eigenvalue weighted by Crippen LogP contribution is -2.36. The maximum Gasteiger partial charge on any atom is 0.261 e. The van der Waals surface area contributed by atoms with Crippen LogP contribution < -0.4 is 15.4 Å². The van der Waals surface area contributed by atoms with Gasteiger partial charge in [0.2, 0.25) is 5.88 Å². The van der Waals surface area contributed by atoms with Crippen LogP contribution in [0.4, 0.5) is 11.4 Å². The molecule has 8 heteroatoms. The first kappa shape index (κ1) is 18.0. The molecular weight excluding hydrogens is 356 g/mol. The average Bonchev–Trinajstić information content (AvgIpc) is 3.10. The topological polar surface area (TPSA) is 99.2 Å². The van der Waals surface area contributed by atoms with E-state index >= 15 is 0 Å². The lowest BCUT2D eigenvalue weighted by atomic mass is 9.99. The van der Waals surface area contributed by atoms with Crippen molar-refractivity contribution in [1.29, 1.82) is 0 Å². The minimum atomic E-state index is -0.0887. The fourth-order valence-corrected chi connectivity index (χ4v) is 3.51. The van der Waals surface area contributed by atoms with Crippen LogP contribution in [0.1, 0.15) is 35.0 Å². The smallest absolute Gasteiger partial charge is 0.261 e. The fraction of sp³-hybridized carbons (Fsp3) is 0.300. The summed E-state index contributed by atoms with van der Waals surface area (Å²) in [6, 6.07) is 9.20. The maximum absolute atomic E-state index is 13.3. The number of benzene rings is 1. The number of anilines is 2. The Balaban J connectivity index is 1.65. The van der Waals surface area contributed by atoms with Crippen LogP contribution in [-0.4, -0.2) is 39.0 Å². The van der Waals surface area contributed by atoms with Gasteiger partial charge in [0.15, 0.2) is 5.82 Å². The lowest BCUT2D eigenvalue weighted by molar-refractivity contribution is 0.0984. The van der Waals surface area contributed by atoms with Gasteiger partial charge in [0, 0.05) is 24.0 Å². The molecule has 0 aliphatic carbocycles. The fourth-order valence-electron chi connectivity index (χ4n) is 3.51. The van der Waals surface area contributed by atoms with Gasteiger partial charge in [-0.1, -0.05) is 6.07 Å². The monoisotopic (exact) mass is 378 g/mol. The molecule has 0 unspecified atom stereocenters. The van der Waals surface area contributed by atoms with Crippen LogP contribution >= 0.6 is 0 Å². The Morgan fingerprint density at radius 1 is 1.25 bits per heavy atom. The van der Waals surface area contributed by atoms with Gasteiger partial charge in [-0.3, -0.25) is 4.79 Å². The van der Waals surface area contributed by atoms with Crippen LogP contribution in [0.3, 0.4) is 0 Å². The molecule has 3 heterocycles. The predicted octanol–water partition coefficient (Wildman–Crippen LogP) is 2.54. The van der Waals surface area contributed by atoms with Crippen molar-refractivity contribution in [1.82, 2.24) is 20.0 Å². The van der Waals surface area contributed by atoms with Crippen LogP contribution in [0.25, 0.3) is 5.82 Å². The Morgan fingerprint density at radius 2 is 2.11 bits per heavy atom. The highest BCUT2D eigenvalue weighted by atomic mass is 16.5. The first-order chi connectivity index (χ1) is 13.6. The number of rotatable bonds is 4. The molecule has 4 rings (SSSR count). The van der Waals surface area contributed by atoms with Crippen LogP contribution in [0, 0.1) is 6.92 Å². The molecule has 2 aromatic heterocycles. The molecule has 1 aliphatic heterocycles. The van der Waals surface area contributed by atoms with Gasteiger partial charge < -0.3 is 15.4 Å². The summed E-state index contributed by atoms with van der Waals surface area (Å²) in [5.74, 6) is 0.896. The van der Waals surface area contributed by atoms with Crippen molar-refractivity contribution < 1.29 is 9.53 Å². The summed E-state index contributed by atoms with van der Waals surface area (Å²) >= 11 is 0.